The van der Waals surface area contributed by atoms with Crippen LogP contribution in [-0.2, 0) is 16.2 Å². The summed E-state index contributed by atoms with van der Waals surface area (Å²) in [5.41, 5.74) is -1.02. The molecule has 2 aromatic heterocycles. The van der Waals surface area contributed by atoms with Crippen molar-refractivity contribution in [3.8, 4) is 11.3 Å². The molecule has 0 amide bonds. The van der Waals surface area contributed by atoms with Crippen molar-refractivity contribution in [2.24, 2.45) is 5.14 Å². The molecule has 0 bridgehead atoms. The molecule has 7 nitrogen and oxygen atoms in total. The first-order chi connectivity index (χ1) is 10.7. The number of benzene rings is 1. The Labute approximate surface area is 127 Å². The van der Waals surface area contributed by atoms with Gasteiger partial charge in [0.05, 0.1) is 11.3 Å². The molecule has 0 aliphatic carbocycles. The number of aromatic nitrogens is 4. The number of rotatable bonds is 2. The topological polar surface area (TPSA) is 103 Å². The summed E-state index contributed by atoms with van der Waals surface area (Å²) in [5, 5.41) is 7.85. The van der Waals surface area contributed by atoms with E-state index in [0.29, 0.717) is 0 Å². The molecule has 3 rings (SSSR count). The number of primary sulfonamides is 1. The summed E-state index contributed by atoms with van der Waals surface area (Å²) in [6, 6.07) is 6.18. The summed E-state index contributed by atoms with van der Waals surface area (Å²) in [4.78, 5) is 7.53. The van der Waals surface area contributed by atoms with E-state index in [0.717, 1.165) is 10.6 Å². The Kier molecular flexibility index (Phi) is 3.34. The predicted molar refractivity (Wildman–Crippen MR) is 72.6 cm³/mol. The molecule has 11 heteroatoms. The number of hydrogen-bond acceptors (Lipinski definition) is 5. The zero-order valence-electron chi connectivity index (χ0n) is 11.2. The van der Waals surface area contributed by atoms with Crippen molar-refractivity contribution < 1.29 is 21.6 Å². The standard InChI is InChI=1S/C12H8F3N5O2S/c13-12(14,15)8-4-2-1-3-7(8)9-5-6-20-10(17-9)18-11(19-20)23(16,21)22/h1-6H,(H2,16,21,22). The van der Waals surface area contributed by atoms with Crippen LogP contribution in [0.5, 0.6) is 0 Å². The van der Waals surface area contributed by atoms with Crippen molar-refractivity contribution in [2.45, 2.75) is 11.3 Å². The molecule has 0 aliphatic rings. The molecule has 0 fully saturated rings. The van der Waals surface area contributed by atoms with Crippen molar-refractivity contribution in [3.63, 3.8) is 0 Å². The molecule has 23 heavy (non-hydrogen) atoms. The fraction of sp³-hybridized carbons (Fsp3) is 0.0833. The number of nitrogens with zero attached hydrogens (tertiary/aromatic N) is 4. The average Bonchev–Trinajstić information content (AvgIpc) is 2.89. The van der Waals surface area contributed by atoms with Gasteiger partial charge in [0.1, 0.15) is 0 Å². The number of halogens is 3. The van der Waals surface area contributed by atoms with E-state index in [4.69, 9.17) is 5.14 Å². The molecule has 1 aromatic carbocycles. The fourth-order valence-corrected chi connectivity index (χ4v) is 2.39. The van der Waals surface area contributed by atoms with Crippen LogP contribution < -0.4 is 5.14 Å². The van der Waals surface area contributed by atoms with Gasteiger partial charge in [-0.25, -0.2) is 23.1 Å². The summed E-state index contributed by atoms with van der Waals surface area (Å²) in [7, 11) is -4.14. The van der Waals surface area contributed by atoms with Crippen LogP contribution in [0.2, 0.25) is 0 Å². The van der Waals surface area contributed by atoms with Crippen LogP contribution in [0, 0.1) is 0 Å². The van der Waals surface area contributed by atoms with Gasteiger partial charge in [-0.3, -0.25) is 0 Å². The third-order valence-electron chi connectivity index (χ3n) is 2.95. The maximum Gasteiger partial charge on any atom is 0.417 e. The minimum absolute atomic E-state index is 0.0150. The van der Waals surface area contributed by atoms with Gasteiger partial charge in [-0.15, -0.1) is 5.10 Å². The number of fused-ring (bicyclic) bond motifs is 1. The lowest BCUT2D eigenvalue weighted by Crippen LogP contribution is -2.14. The molecular weight excluding hydrogens is 335 g/mol. The van der Waals surface area contributed by atoms with Crippen LogP contribution in [0.15, 0.2) is 41.7 Å². The van der Waals surface area contributed by atoms with Crippen LogP contribution >= 0.6 is 0 Å². The molecular formula is C12H8F3N5O2S. The maximum atomic E-state index is 13.1. The van der Waals surface area contributed by atoms with Gasteiger partial charge < -0.3 is 0 Å². The van der Waals surface area contributed by atoms with Crippen molar-refractivity contribution in [1.29, 1.82) is 0 Å². The molecule has 0 radical (unpaired) electrons. The fourth-order valence-electron chi connectivity index (χ4n) is 1.98. The maximum absolute atomic E-state index is 13.1. The van der Waals surface area contributed by atoms with Gasteiger partial charge in [0.2, 0.25) is 0 Å². The molecule has 0 saturated carbocycles. The highest BCUT2D eigenvalue weighted by Crippen LogP contribution is 2.36. The SMILES string of the molecule is NS(=O)(=O)c1nc2nc(-c3ccccc3C(F)(F)F)ccn2n1. The molecule has 3 aromatic rings. The minimum Gasteiger partial charge on any atom is -0.222 e. The monoisotopic (exact) mass is 343 g/mol. The molecule has 0 aliphatic heterocycles. The van der Waals surface area contributed by atoms with Gasteiger partial charge >= 0.3 is 6.18 Å². The van der Waals surface area contributed by atoms with Gasteiger partial charge in [0.15, 0.2) is 0 Å². The van der Waals surface area contributed by atoms with Crippen molar-refractivity contribution in [1.82, 2.24) is 19.6 Å². The largest absolute Gasteiger partial charge is 0.417 e. The molecule has 0 atom stereocenters. The molecule has 0 unspecified atom stereocenters. The number of sulfonamides is 1. The number of alkyl halides is 3. The first-order valence-corrected chi connectivity index (χ1v) is 7.64. The first-order valence-electron chi connectivity index (χ1n) is 6.09. The lowest BCUT2D eigenvalue weighted by molar-refractivity contribution is -0.137. The normalized spacial score (nSPS) is 12.7. The van der Waals surface area contributed by atoms with Crippen molar-refractivity contribution in [2.75, 3.05) is 0 Å². The molecule has 2 heterocycles. The second-order valence-electron chi connectivity index (χ2n) is 4.54. The second-order valence-corrected chi connectivity index (χ2v) is 6.00. The highest BCUT2D eigenvalue weighted by molar-refractivity contribution is 7.89. The Morgan fingerprint density at radius 2 is 1.78 bits per heavy atom. The first kappa shape index (κ1) is 15.4. The molecule has 0 spiro atoms. The van der Waals surface area contributed by atoms with Gasteiger partial charge in [-0.05, 0) is 12.1 Å². The Balaban J connectivity index is 2.19. The summed E-state index contributed by atoms with van der Waals surface area (Å²) >= 11 is 0. The van der Waals surface area contributed by atoms with Crippen LogP contribution in [0.25, 0.3) is 17.0 Å². The smallest absolute Gasteiger partial charge is 0.222 e. The van der Waals surface area contributed by atoms with Gasteiger partial charge in [-0.1, -0.05) is 18.2 Å². The van der Waals surface area contributed by atoms with E-state index >= 15 is 0 Å². The quantitative estimate of drug-likeness (QED) is 0.759. The van der Waals surface area contributed by atoms with Gasteiger partial charge in [0, 0.05) is 11.8 Å². The van der Waals surface area contributed by atoms with Gasteiger partial charge in [0.25, 0.3) is 21.0 Å². The van der Waals surface area contributed by atoms with E-state index in [-0.39, 0.29) is 17.0 Å². The van der Waals surface area contributed by atoms with Crippen LogP contribution in [0.3, 0.4) is 0 Å². The van der Waals surface area contributed by atoms with Crippen LogP contribution in [0.1, 0.15) is 5.56 Å². The zero-order valence-corrected chi connectivity index (χ0v) is 12.0. The van der Waals surface area contributed by atoms with Crippen LogP contribution in [-0.4, -0.2) is 28.0 Å². The molecule has 120 valence electrons. The van der Waals surface area contributed by atoms with E-state index in [1.54, 1.807) is 0 Å². The van der Waals surface area contributed by atoms with E-state index in [1.165, 1.54) is 30.5 Å². The Morgan fingerprint density at radius 3 is 2.43 bits per heavy atom. The third kappa shape index (κ3) is 2.87. The number of nitrogens with two attached hydrogens (primary N) is 1. The van der Waals surface area contributed by atoms with Crippen LogP contribution in [0.4, 0.5) is 13.2 Å². The Hall–Kier alpha value is -2.53. The van der Waals surface area contributed by atoms with Gasteiger partial charge in [-0.2, -0.15) is 18.2 Å². The summed E-state index contributed by atoms with van der Waals surface area (Å²) in [6.45, 7) is 0. The third-order valence-corrected chi connectivity index (χ3v) is 3.63. The van der Waals surface area contributed by atoms with E-state index < -0.39 is 26.9 Å². The minimum atomic E-state index is -4.55. The number of hydrogen-bond donors (Lipinski definition) is 1. The summed E-state index contributed by atoms with van der Waals surface area (Å²) < 4.78 is 62.6. The molecule has 2 N–H and O–H groups in total. The zero-order chi connectivity index (χ0) is 16.8. The highest BCUT2D eigenvalue weighted by Gasteiger charge is 2.33. The lowest BCUT2D eigenvalue weighted by atomic mass is 10.0. The average molecular weight is 343 g/mol. The highest BCUT2D eigenvalue weighted by atomic mass is 32.2. The Morgan fingerprint density at radius 1 is 1.09 bits per heavy atom. The van der Waals surface area contributed by atoms with E-state index in [9.17, 15) is 21.6 Å². The van der Waals surface area contributed by atoms with E-state index in [1.807, 2.05) is 0 Å². The predicted octanol–water partition coefficient (Wildman–Crippen LogP) is 1.46. The lowest BCUT2D eigenvalue weighted by Gasteiger charge is -2.11. The molecule has 0 saturated heterocycles. The van der Waals surface area contributed by atoms with Crippen molar-refractivity contribution >= 4 is 15.8 Å². The summed E-state index contributed by atoms with van der Waals surface area (Å²) in [6.07, 6.45) is -3.30. The summed E-state index contributed by atoms with van der Waals surface area (Å²) in [5.74, 6) is -0.177. The van der Waals surface area contributed by atoms with Crippen molar-refractivity contribution in [3.05, 3.63) is 42.1 Å². The second kappa shape index (κ2) is 4.99. The van der Waals surface area contributed by atoms with E-state index in [2.05, 4.69) is 15.1 Å². The Bertz CT molecular complexity index is 997.